The molecule has 2 aromatic rings. The number of nitrogens with two attached hydrogens (primary N) is 1. The van der Waals surface area contributed by atoms with E-state index in [1.807, 2.05) is 13.0 Å². The topological polar surface area (TPSA) is 64.3 Å². The van der Waals surface area contributed by atoms with Crippen molar-refractivity contribution in [3.05, 3.63) is 51.0 Å². The maximum Gasteiger partial charge on any atom is 0.340 e. The van der Waals surface area contributed by atoms with E-state index in [2.05, 4.69) is 21.2 Å². The molecule has 110 valence electrons. The van der Waals surface area contributed by atoms with Gasteiger partial charge in [0, 0.05) is 9.50 Å². The van der Waals surface area contributed by atoms with E-state index < -0.39 is 5.97 Å². The average molecular weight is 370 g/mol. The summed E-state index contributed by atoms with van der Waals surface area (Å²) >= 11 is 9.60. The molecule has 0 radical (unpaired) electrons. The number of anilines is 3. The average Bonchev–Trinajstić information content (AvgIpc) is 2.46. The minimum absolute atomic E-state index is 0.317. The van der Waals surface area contributed by atoms with Gasteiger partial charge in [-0.15, -0.1) is 0 Å². The van der Waals surface area contributed by atoms with Gasteiger partial charge in [-0.1, -0.05) is 17.7 Å². The number of benzene rings is 2. The minimum atomic E-state index is -0.475. The van der Waals surface area contributed by atoms with Crippen molar-refractivity contribution in [1.82, 2.24) is 0 Å². The lowest BCUT2D eigenvalue weighted by molar-refractivity contribution is 0.0602. The highest BCUT2D eigenvalue weighted by molar-refractivity contribution is 9.10. The zero-order valence-electron chi connectivity index (χ0n) is 11.5. The summed E-state index contributed by atoms with van der Waals surface area (Å²) in [6, 6.07) is 8.83. The van der Waals surface area contributed by atoms with Crippen molar-refractivity contribution >= 4 is 50.6 Å². The number of halogens is 2. The molecule has 0 saturated heterocycles. The summed E-state index contributed by atoms with van der Waals surface area (Å²) < 4.78 is 5.56. The highest BCUT2D eigenvalue weighted by Gasteiger charge is 2.14. The first-order valence-corrected chi connectivity index (χ1v) is 7.30. The highest BCUT2D eigenvalue weighted by atomic mass is 79.9. The van der Waals surface area contributed by atoms with Gasteiger partial charge in [-0.3, -0.25) is 0 Å². The van der Waals surface area contributed by atoms with Gasteiger partial charge in [0.05, 0.1) is 29.7 Å². The molecule has 6 heteroatoms. The van der Waals surface area contributed by atoms with Crippen molar-refractivity contribution in [1.29, 1.82) is 0 Å². The monoisotopic (exact) mass is 368 g/mol. The first-order chi connectivity index (χ1) is 9.93. The van der Waals surface area contributed by atoms with E-state index in [0.29, 0.717) is 22.0 Å². The number of esters is 1. The van der Waals surface area contributed by atoms with Crippen LogP contribution in [0.2, 0.25) is 5.02 Å². The molecule has 0 spiro atoms. The van der Waals surface area contributed by atoms with Crippen molar-refractivity contribution in [3.63, 3.8) is 0 Å². The molecule has 0 aliphatic rings. The molecule has 0 aromatic heterocycles. The van der Waals surface area contributed by atoms with E-state index in [-0.39, 0.29) is 0 Å². The van der Waals surface area contributed by atoms with Crippen LogP contribution < -0.4 is 11.1 Å². The molecule has 21 heavy (non-hydrogen) atoms. The van der Waals surface area contributed by atoms with Crippen LogP contribution in [0.5, 0.6) is 0 Å². The molecular formula is C15H14BrClN2O2. The van der Waals surface area contributed by atoms with E-state index in [9.17, 15) is 4.79 Å². The number of hydrogen-bond acceptors (Lipinski definition) is 4. The SMILES string of the molecule is COC(=O)c1cccc(Nc2cc(Cl)c(C)cc2Br)c1N. The number of hydrogen-bond donors (Lipinski definition) is 2. The first kappa shape index (κ1) is 15.7. The predicted octanol–water partition coefficient (Wildman–Crippen LogP) is 4.52. The van der Waals surface area contributed by atoms with Gasteiger partial charge in [0.25, 0.3) is 0 Å². The standard InChI is InChI=1S/C15H14BrClN2O2/c1-8-6-10(16)13(7-11(8)17)19-12-5-3-4-9(14(12)18)15(20)21-2/h3-7,19H,18H2,1-2H3. The van der Waals surface area contributed by atoms with Crippen LogP contribution in [-0.2, 0) is 4.74 Å². The normalized spacial score (nSPS) is 10.3. The first-order valence-electron chi connectivity index (χ1n) is 6.13. The van der Waals surface area contributed by atoms with E-state index in [4.69, 9.17) is 22.1 Å². The molecule has 0 bridgehead atoms. The Balaban J connectivity index is 2.41. The smallest absolute Gasteiger partial charge is 0.340 e. The minimum Gasteiger partial charge on any atom is -0.465 e. The number of para-hydroxylation sites is 1. The molecule has 0 unspecified atom stereocenters. The second-order valence-electron chi connectivity index (χ2n) is 4.46. The molecular weight excluding hydrogens is 356 g/mol. The summed E-state index contributed by atoms with van der Waals surface area (Å²) in [6.45, 7) is 1.92. The number of methoxy groups -OCH3 is 1. The van der Waals surface area contributed by atoms with Gasteiger partial charge in [0.1, 0.15) is 0 Å². The van der Waals surface area contributed by atoms with Gasteiger partial charge in [-0.05, 0) is 52.7 Å². The Labute approximate surface area is 136 Å². The molecule has 0 atom stereocenters. The fourth-order valence-electron chi connectivity index (χ4n) is 1.85. The van der Waals surface area contributed by atoms with E-state index in [0.717, 1.165) is 15.7 Å². The lowest BCUT2D eigenvalue weighted by atomic mass is 10.1. The van der Waals surface area contributed by atoms with Crippen molar-refractivity contribution in [3.8, 4) is 0 Å². The summed E-state index contributed by atoms with van der Waals surface area (Å²) in [6.07, 6.45) is 0. The summed E-state index contributed by atoms with van der Waals surface area (Å²) in [5.74, 6) is -0.475. The summed E-state index contributed by atoms with van der Waals surface area (Å²) in [7, 11) is 1.32. The number of carbonyl (C=O) groups is 1. The van der Waals surface area contributed by atoms with E-state index in [1.165, 1.54) is 7.11 Å². The zero-order chi connectivity index (χ0) is 15.6. The van der Waals surface area contributed by atoms with E-state index >= 15 is 0 Å². The van der Waals surface area contributed by atoms with Gasteiger partial charge < -0.3 is 15.8 Å². The third-order valence-electron chi connectivity index (χ3n) is 3.03. The van der Waals surface area contributed by atoms with Crippen molar-refractivity contribution < 1.29 is 9.53 Å². The molecule has 3 N–H and O–H groups in total. The van der Waals surface area contributed by atoms with Crippen LogP contribution in [-0.4, -0.2) is 13.1 Å². The van der Waals surface area contributed by atoms with Crippen molar-refractivity contribution in [2.75, 3.05) is 18.2 Å². The Kier molecular flexibility index (Phi) is 4.75. The molecule has 0 aliphatic carbocycles. The molecule has 0 saturated carbocycles. The molecule has 2 rings (SSSR count). The Morgan fingerprint density at radius 2 is 2.05 bits per heavy atom. The third-order valence-corrected chi connectivity index (χ3v) is 4.09. The Morgan fingerprint density at radius 3 is 2.71 bits per heavy atom. The Morgan fingerprint density at radius 1 is 1.33 bits per heavy atom. The molecule has 0 amide bonds. The third kappa shape index (κ3) is 3.31. The number of nitrogen functional groups attached to an aromatic ring is 1. The summed E-state index contributed by atoms with van der Waals surface area (Å²) in [5, 5.41) is 3.81. The van der Waals surface area contributed by atoms with Crippen LogP contribution in [0.3, 0.4) is 0 Å². The van der Waals surface area contributed by atoms with Gasteiger partial charge in [-0.25, -0.2) is 4.79 Å². The van der Waals surface area contributed by atoms with Crippen LogP contribution in [0.4, 0.5) is 17.1 Å². The maximum atomic E-state index is 11.6. The molecule has 0 fully saturated rings. The van der Waals surface area contributed by atoms with Gasteiger partial charge in [0.15, 0.2) is 0 Å². The molecule has 0 heterocycles. The predicted molar refractivity (Wildman–Crippen MR) is 89.4 cm³/mol. The second kappa shape index (κ2) is 6.37. The quantitative estimate of drug-likeness (QED) is 0.616. The van der Waals surface area contributed by atoms with Crippen LogP contribution in [0.25, 0.3) is 0 Å². The van der Waals surface area contributed by atoms with Crippen LogP contribution in [0.15, 0.2) is 34.8 Å². The number of ether oxygens (including phenoxy) is 1. The van der Waals surface area contributed by atoms with Gasteiger partial charge >= 0.3 is 5.97 Å². The fraction of sp³-hybridized carbons (Fsp3) is 0.133. The molecule has 2 aromatic carbocycles. The maximum absolute atomic E-state index is 11.6. The Hall–Kier alpha value is -1.72. The Bertz CT molecular complexity index is 704. The highest BCUT2D eigenvalue weighted by Crippen LogP contribution is 2.34. The van der Waals surface area contributed by atoms with Crippen molar-refractivity contribution in [2.24, 2.45) is 0 Å². The largest absolute Gasteiger partial charge is 0.465 e. The number of carbonyl (C=O) groups excluding carboxylic acids is 1. The van der Waals surface area contributed by atoms with E-state index in [1.54, 1.807) is 24.3 Å². The summed E-state index contributed by atoms with van der Waals surface area (Å²) in [4.78, 5) is 11.6. The fourth-order valence-corrected chi connectivity index (χ4v) is 2.57. The number of rotatable bonds is 3. The van der Waals surface area contributed by atoms with Crippen molar-refractivity contribution in [2.45, 2.75) is 6.92 Å². The van der Waals surface area contributed by atoms with Gasteiger partial charge in [-0.2, -0.15) is 0 Å². The zero-order valence-corrected chi connectivity index (χ0v) is 13.9. The number of nitrogens with one attached hydrogen (secondary N) is 1. The number of aryl methyl sites for hydroxylation is 1. The molecule has 0 aliphatic heterocycles. The molecule has 4 nitrogen and oxygen atoms in total. The lowest BCUT2D eigenvalue weighted by Crippen LogP contribution is -2.07. The van der Waals surface area contributed by atoms with Crippen LogP contribution in [0.1, 0.15) is 15.9 Å². The lowest BCUT2D eigenvalue weighted by Gasteiger charge is -2.14. The van der Waals surface area contributed by atoms with Crippen LogP contribution in [0, 0.1) is 6.92 Å². The second-order valence-corrected chi connectivity index (χ2v) is 5.73. The van der Waals surface area contributed by atoms with Gasteiger partial charge in [0.2, 0.25) is 0 Å². The van der Waals surface area contributed by atoms with Crippen LogP contribution >= 0.6 is 27.5 Å². The summed E-state index contributed by atoms with van der Waals surface area (Å²) in [5.41, 5.74) is 8.99.